The predicted octanol–water partition coefficient (Wildman–Crippen LogP) is 0.458. The first-order chi connectivity index (χ1) is 5.88. The van der Waals surface area contributed by atoms with Gasteiger partial charge in [-0.05, 0) is 18.9 Å². The highest BCUT2D eigenvalue weighted by atomic mass is 14.8. The zero-order valence-electron chi connectivity index (χ0n) is 6.83. The number of hydrogen-bond acceptors (Lipinski definition) is 2. The molecular formula is C9H9BN2. The molecule has 1 aliphatic rings. The van der Waals surface area contributed by atoms with Gasteiger partial charge in [0.15, 0.2) is 0 Å². The SMILES string of the molecule is [B]c1cccnc1C1=NCCC1. The molecule has 0 atom stereocenters. The zero-order chi connectivity index (χ0) is 8.39. The highest BCUT2D eigenvalue weighted by Gasteiger charge is 2.10. The van der Waals surface area contributed by atoms with Gasteiger partial charge in [0.1, 0.15) is 7.85 Å². The Kier molecular flexibility index (Phi) is 1.94. The number of aromatic nitrogens is 1. The first-order valence-electron chi connectivity index (χ1n) is 4.12. The van der Waals surface area contributed by atoms with Gasteiger partial charge < -0.3 is 0 Å². The molecule has 0 unspecified atom stereocenters. The van der Waals surface area contributed by atoms with Crippen LogP contribution in [0.15, 0.2) is 23.3 Å². The normalized spacial score (nSPS) is 16.2. The van der Waals surface area contributed by atoms with Crippen molar-refractivity contribution < 1.29 is 0 Å². The van der Waals surface area contributed by atoms with Crippen LogP contribution in [-0.4, -0.2) is 25.1 Å². The Morgan fingerprint density at radius 1 is 1.42 bits per heavy atom. The van der Waals surface area contributed by atoms with Gasteiger partial charge in [-0.15, -0.1) is 0 Å². The molecule has 0 spiro atoms. The lowest BCUT2D eigenvalue weighted by Crippen LogP contribution is -2.16. The van der Waals surface area contributed by atoms with E-state index in [9.17, 15) is 0 Å². The summed E-state index contributed by atoms with van der Waals surface area (Å²) in [6.45, 7) is 0.922. The van der Waals surface area contributed by atoms with Crippen molar-refractivity contribution in [1.29, 1.82) is 0 Å². The molecular weight excluding hydrogens is 147 g/mol. The Bertz CT molecular complexity index is 320. The van der Waals surface area contributed by atoms with Gasteiger partial charge >= 0.3 is 0 Å². The van der Waals surface area contributed by atoms with E-state index in [1.807, 2.05) is 12.1 Å². The molecule has 58 valence electrons. The van der Waals surface area contributed by atoms with E-state index in [4.69, 9.17) is 7.85 Å². The van der Waals surface area contributed by atoms with Gasteiger partial charge in [0.25, 0.3) is 0 Å². The number of rotatable bonds is 1. The Balaban J connectivity index is 2.39. The molecule has 2 radical (unpaired) electrons. The van der Waals surface area contributed by atoms with E-state index in [0.29, 0.717) is 0 Å². The maximum atomic E-state index is 5.76. The van der Waals surface area contributed by atoms with Gasteiger partial charge in [-0.25, -0.2) is 0 Å². The molecule has 0 fully saturated rings. The molecule has 1 aromatic heterocycles. The molecule has 1 aliphatic heterocycles. The highest BCUT2D eigenvalue weighted by Crippen LogP contribution is 2.08. The summed E-state index contributed by atoms with van der Waals surface area (Å²) in [6.07, 6.45) is 3.90. The van der Waals surface area contributed by atoms with Crippen LogP contribution < -0.4 is 5.46 Å². The first-order valence-corrected chi connectivity index (χ1v) is 4.12. The molecule has 0 saturated heterocycles. The van der Waals surface area contributed by atoms with Gasteiger partial charge in [0.05, 0.1) is 11.4 Å². The Morgan fingerprint density at radius 3 is 3.00 bits per heavy atom. The van der Waals surface area contributed by atoms with Gasteiger partial charge in [-0.3, -0.25) is 9.98 Å². The summed E-state index contributed by atoms with van der Waals surface area (Å²) in [7, 11) is 5.76. The summed E-state index contributed by atoms with van der Waals surface area (Å²) in [5.41, 5.74) is 2.67. The van der Waals surface area contributed by atoms with E-state index >= 15 is 0 Å². The molecule has 1 aromatic rings. The van der Waals surface area contributed by atoms with Gasteiger partial charge in [-0.2, -0.15) is 0 Å². The Morgan fingerprint density at radius 2 is 2.33 bits per heavy atom. The maximum Gasteiger partial charge on any atom is 0.116 e. The quantitative estimate of drug-likeness (QED) is 0.542. The summed E-state index contributed by atoms with van der Waals surface area (Å²) in [4.78, 5) is 8.55. The minimum atomic E-state index is 0.734. The smallest absolute Gasteiger partial charge is 0.116 e. The van der Waals surface area contributed by atoms with Crippen LogP contribution in [0.1, 0.15) is 18.5 Å². The molecule has 2 rings (SSSR count). The van der Waals surface area contributed by atoms with E-state index in [0.717, 1.165) is 36.3 Å². The summed E-state index contributed by atoms with van der Waals surface area (Å²) in [5.74, 6) is 0. The average Bonchev–Trinajstić information content (AvgIpc) is 2.57. The van der Waals surface area contributed by atoms with E-state index in [-0.39, 0.29) is 0 Å². The van der Waals surface area contributed by atoms with Gasteiger partial charge in [-0.1, -0.05) is 11.5 Å². The third-order valence-electron chi connectivity index (χ3n) is 1.99. The van der Waals surface area contributed by atoms with Crippen LogP contribution in [-0.2, 0) is 0 Å². The van der Waals surface area contributed by atoms with Crippen molar-refractivity contribution in [3.63, 3.8) is 0 Å². The largest absolute Gasteiger partial charge is 0.288 e. The van der Waals surface area contributed by atoms with Crippen LogP contribution >= 0.6 is 0 Å². The minimum absolute atomic E-state index is 0.734. The summed E-state index contributed by atoms with van der Waals surface area (Å²) < 4.78 is 0. The van der Waals surface area contributed by atoms with Gasteiger partial charge in [0.2, 0.25) is 0 Å². The second kappa shape index (κ2) is 3.09. The molecule has 12 heavy (non-hydrogen) atoms. The summed E-state index contributed by atoms with van der Waals surface area (Å²) in [5, 5.41) is 0. The number of nitrogens with zero attached hydrogens (tertiary/aromatic N) is 2. The van der Waals surface area contributed by atoms with Crippen molar-refractivity contribution in [2.75, 3.05) is 6.54 Å². The van der Waals surface area contributed by atoms with Crippen molar-refractivity contribution in [3.8, 4) is 0 Å². The highest BCUT2D eigenvalue weighted by molar-refractivity contribution is 6.36. The second-order valence-corrected chi connectivity index (χ2v) is 2.87. The van der Waals surface area contributed by atoms with E-state index in [2.05, 4.69) is 9.98 Å². The van der Waals surface area contributed by atoms with Crippen LogP contribution in [0.25, 0.3) is 0 Å². The molecule has 0 amide bonds. The standard InChI is InChI=1S/C9H9BN2/c10-7-3-1-6-12-9(7)8-4-2-5-11-8/h1,3,6H,2,4-5H2. The van der Waals surface area contributed by atoms with Crippen molar-refractivity contribution in [3.05, 3.63) is 24.0 Å². The van der Waals surface area contributed by atoms with Crippen LogP contribution in [0.3, 0.4) is 0 Å². The van der Waals surface area contributed by atoms with Crippen molar-refractivity contribution in [2.24, 2.45) is 4.99 Å². The van der Waals surface area contributed by atoms with Crippen molar-refractivity contribution in [1.82, 2.24) is 4.98 Å². The molecule has 0 aliphatic carbocycles. The molecule has 2 heterocycles. The van der Waals surface area contributed by atoms with Crippen LogP contribution in [0, 0.1) is 0 Å². The van der Waals surface area contributed by atoms with E-state index in [1.54, 1.807) is 6.20 Å². The van der Waals surface area contributed by atoms with Crippen molar-refractivity contribution in [2.45, 2.75) is 12.8 Å². The zero-order valence-corrected chi connectivity index (χ0v) is 6.83. The topological polar surface area (TPSA) is 25.2 Å². The Labute approximate surface area is 73.2 Å². The lowest BCUT2D eigenvalue weighted by Gasteiger charge is -2.02. The van der Waals surface area contributed by atoms with Crippen molar-refractivity contribution >= 4 is 19.0 Å². The summed E-state index contributed by atoms with van der Waals surface area (Å²) in [6, 6.07) is 3.71. The molecule has 0 aromatic carbocycles. The third kappa shape index (κ3) is 1.27. The lowest BCUT2D eigenvalue weighted by atomic mass is 9.92. The van der Waals surface area contributed by atoms with Crippen LogP contribution in [0.4, 0.5) is 0 Å². The van der Waals surface area contributed by atoms with Crippen LogP contribution in [0.5, 0.6) is 0 Å². The second-order valence-electron chi connectivity index (χ2n) is 2.87. The van der Waals surface area contributed by atoms with E-state index < -0.39 is 0 Å². The summed E-state index contributed by atoms with van der Waals surface area (Å²) >= 11 is 0. The number of pyridine rings is 1. The average molecular weight is 156 g/mol. The van der Waals surface area contributed by atoms with Gasteiger partial charge in [0, 0.05) is 12.7 Å². The molecule has 0 bridgehead atoms. The Hall–Kier alpha value is -1.12. The fourth-order valence-corrected chi connectivity index (χ4v) is 1.39. The maximum absolute atomic E-state index is 5.76. The van der Waals surface area contributed by atoms with E-state index in [1.165, 1.54) is 0 Å². The molecule has 3 heteroatoms. The fraction of sp³-hybridized carbons (Fsp3) is 0.333. The predicted molar refractivity (Wildman–Crippen MR) is 50.3 cm³/mol. The number of aliphatic imine (C=N–C) groups is 1. The minimum Gasteiger partial charge on any atom is -0.288 e. The third-order valence-corrected chi connectivity index (χ3v) is 1.99. The number of hydrogen-bond donors (Lipinski definition) is 0. The first kappa shape index (κ1) is 7.53. The lowest BCUT2D eigenvalue weighted by molar-refractivity contribution is 0.951. The monoisotopic (exact) mass is 156 g/mol. The molecule has 2 nitrogen and oxygen atoms in total. The molecule has 0 saturated carbocycles. The molecule has 0 N–H and O–H groups in total. The van der Waals surface area contributed by atoms with Crippen LogP contribution in [0.2, 0.25) is 0 Å². The fourth-order valence-electron chi connectivity index (χ4n) is 1.39.